The van der Waals surface area contributed by atoms with Crippen LogP contribution in [-0.4, -0.2) is 11.2 Å². The summed E-state index contributed by atoms with van der Waals surface area (Å²) in [6.45, 7) is 2.15. The summed E-state index contributed by atoms with van der Waals surface area (Å²) in [6.07, 6.45) is 8.89. The molecule has 1 aliphatic carbocycles. The molecule has 0 fully saturated rings. The third-order valence-electron chi connectivity index (χ3n) is 1.65. The highest BCUT2D eigenvalue weighted by Gasteiger charge is 2.03. The van der Waals surface area contributed by atoms with Crippen molar-refractivity contribution < 1.29 is 5.11 Å². The normalized spacial score (nSPS) is 24.6. The van der Waals surface area contributed by atoms with Gasteiger partial charge >= 0.3 is 0 Å². The minimum atomic E-state index is -0.230. The van der Waals surface area contributed by atoms with Gasteiger partial charge in [-0.25, -0.2) is 0 Å². The largest absolute Gasteiger partial charge is 0.389 e. The van der Waals surface area contributed by atoms with Crippen LogP contribution in [0.5, 0.6) is 0 Å². The zero-order valence-electron chi connectivity index (χ0n) is 6.38. The van der Waals surface area contributed by atoms with Gasteiger partial charge in [-0.3, -0.25) is 0 Å². The number of aliphatic hydroxyl groups excluding tert-OH is 1. The fourth-order valence-corrected chi connectivity index (χ4v) is 1.18. The van der Waals surface area contributed by atoms with Gasteiger partial charge in [0.15, 0.2) is 0 Å². The molecule has 0 aromatic carbocycles. The minimum absolute atomic E-state index is 0.230. The molecule has 1 unspecified atom stereocenters. The average molecular weight is 138 g/mol. The van der Waals surface area contributed by atoms with Crippen LogP contribution in [0.3, 0.4) is 0 Å². The Bertz CT molecular complexity index is 156. The molecule has 0 radical (unpaired) electrons. The van der Waals surface area contributed by atoms with Crippen LogP contribution in [0.2, 0.25) is 0 Å². The Morgan fingerprint density at radius 2 is 2.50 bits per heavy atom. The van der Waals surface area contributed by atoms with Gasteiger partial charge in [-0.2, -0.15) is 0 Å². The van der Waals surface area contributed by atoms with E-state index in [1.54, 1.807) is 0 Å². The topological polar surface area (TPSA) is 20.2 Å². The van der Waals surface area contributed by atoms with Crippen molar-refractivity contribution >= 4 is 0 Å². The lowest BCUT2D eigenvalue weighted by Gasteiger charge is -2.09. The maximum Gasteiger partial charge on any atom is 0.0761 e. The first-order chi connectivity index (χ1) is 4.83. The van der Waals surface area contributed by atoms with Crippen LogP contribution in [0.4, 0.5) is 0 Å². The van der Waals surface area contributed by atoms with E-state index in [0.717, 1.165) is 19.3 Å². The minimum Gasteiger partial charge on any atom is -0.389 e. The summed E-state index contributed by atoms with van der Waals surface area (Å²) in [5.74, 6) is 0. The van der Waals surface area contributed by atoms with Crippen molar-refractivity contribution in [3.8, 4) is 0 Å². The first-order valence-electron chi connectivity index (χ1n) is 3.88. The van der Waals surface area contributed by atoms with Crippen LogP contribution in [0.1, 0.15) is 26.2 Å². The van der Waals surface area contributed by atoms with Gasteiger partial charge < -0.3 is 5.11 Å². The van der Waals surface area contributed by atoms with Crippen molar-refractivity contribution in [2.75, 3.05) is 0 Å². The van der Waals surface area contributed by atoms with Crippen LogP contribution in [0.15, 0.2) is 23.8 Å². The molecule has 0 heterocycles. The first-order valence-corrected chi connectivity index (χ1v) is 3.88. The van der Waals surface area contributed by atoms with Crippen LogP contribution in [0, 0.1) is 0 Å². The predicted molar refractivity (Wildman–Crippen MR) is 42.8 cm³/mol. The van der Waals surface area contributed by atoms with E-state index in [0.29, 0.717) is 0 Å². The van der Waals surface area contributed by atoms with E-state index in [-0.39, 0.29) is 6.10 Å². The van der Waals surface area contributed by atoms with E-state index in [1.807, 2.05) is 12.2 Å². The summed E-state index contributed by atoms with van der Waals surface area (Å²) in [5, 5.41) is 9.18. The maximum absolute atomic E-state index is 9.18. The van der Waals surface area contributed by atoms with Crippen LogP contribution in [-0.2, 0) is 0 Å². The standard InChI is InChI=1S/C9H14O/c1-2-4-8-5-3-6-9(10)7-8/h3,5,7,9-10H,2,4,6H2,1H3. The lowest BCUT2D eigenvalue weighted by atomic mass is 10.0. The molecule has 1 atom stereocenters. The third-order valence-corrected chi connectivity index (χ3v) is 1.65. The van der Waals surface area contributed by atoms with E-state index in [2.05, 4.69) is 13.0 Å². The number of aliphatic hydroxyl groups is 1. The number of allylic oxidation sites excluding steroid dienone is 2. The van der Waals surface area contributed by atoms with Gasteiger partial charge in [-0.15, -0.1) is 0 Å². The monoisotopic (exact) mass is 138 g/mol. The number of hydrogen-bond donors (Lipinski definition) is 1. The second-order valence-corrected chi connectivity index (χ2v) is 2.70. The predicted octanol–water partition coefficient (Wildman–Crippen LogP) is 2.03. The summed E-state index contributed by atoms with van der Waals surface area (Å²) in [5.41, 5.74) is 1.28. The average Bonchev–Trinajstić information content (AvgIpc) is 1.88. The van der Waals surface area contributed by atoms with E-state index in [1.165, 1.54) is 5.57 Å². The molecule has 0 spiro atoms. The molecule has 0 saturated carbocycles. The number of rotatable bonds is 2. The van der Waals surface area contributed by atoms with E-state index in [9.17, 15) is 5.11 Å². The lowest BCUT2D eigenvalue weighted by molar-refractivity contribution is 0.224. The van der Waals surface area contributed by atoms with E-state index < -0.39 is 0 Å². The molecule has 1 N–H and O–H groups in total. The maximum atomic E-state index is 9.18. The Morgan fingerprint density at radius 1 is 1.70 bits per heavy atom. The van der Waals surface area contributed by atoms with E-state index >= 15 is 0 Å². The van der Waals surface area contributed by atoms with Crippen molar-refractivity contribution in [1.82, 2.24) is 0 Å². The Hall–Kier alpha value is -0.560. The molecule has 0 aromatic heterocycles. The fraction of sp³-hybridized carbons (Fsp3) is 0.556. The van der Waals surface area contributed by atoms with E-state index in [4.69, 9.17) is 0 Å². The summed E-state index contributed by atoms with van der Waals surface area (Å²) in [7, 11) is 0. The molecule has 1 rings (SSSR count). The summed E-state index contributed by atoms with van der Waals surface area (Å²) < 4.78 is 0. The molecule has 0 bridgehead atoms. The van der Waals surface area contributed by atoms with Gasteiger partial charge in [0, 0.05) is 0 Å². The van der Waals surface area contributed by atoms with Gasteiger partial charge in [-0.1, -0.05) is 31.6 Å². The molecule has 0 saturated heterocycles. The highest BCUT2D eigenvalue weighted by molar-refractivity contribution is 5.24. The van der Waals surface area contributed by atoms with Gasteiger partial charge in [0.05, 0.1) is 6.10 Å². The van der Waals surface area contributed by atoms with Gasteiger partial charge in [-0.05, 0) is 18.4 Å². The second-order valence-electron chi connectivity index (χ2n) is 2.70. The molecule has 1 heteroatoms. The van der Waals surface area contributed by atoms with Gasteiger partial charge in [0.2, 0.25) is 0 Å². The SMILES string of the molecule is CCCC1=CC(O)CC=C1. The highest BCUT2D eigenvalue weighted by Crippen LogP contribution is 2.14. The molecule has 0 aliphatic heterocycles. The fourth-order valence-electron chi connectivity index (χ4n) is 1.18. The molecule has 0 amide bonds. The van der Waals surface area contributed by atoms with Gasteiger partial charge in [0.25, 0.3) is 0 Å². The van der Waals surface area contributed by atoms with Crippen LogP contribution < -0.4 is 0 Å². The molecular weight excluding hydrogens is 124 g/mol. The second kappa shape index (κ2) is 3.57. The molecule has 10 heavy (non-hydrogen) atoms. The summed E-state index contributed by atoms with van der Waals surface area (Å²) in [6, 6.07) is 0. The summed E-state index contributed by atoms with van der Waals surface area (Å²) in [4.78, 5) is 0. The van der Waals surface area contributed by atoms with Gasteiger partial charge in [0.1, 0.15) is 0 Å². The smallest absolute Gasteiger partial charge is 0.0761 e. The van der Waals surface area contributed by atoms with Crippen molar-refractivity contribution in [3.05, 3.63) is 23.8 Å². The quantitative estimate of drug-likeness (QED) is 0.619. The van der Waals surface area contributed by atoms with Crippen LogP contribution in [0.25, 0.3) is 0 Å². The highest BCUT2D eigenvalue weighted by atomic mass is 16.3. The Labute approximate surface area is 62.1 Å². The summed E-state index contributed by atoms with van der Waals surface area (Å²) >= 11 is 0. The molecule has 56 valence electrons. The van der Waals surface area contributed by atoms with Crippen molar-refractivity contribution in [3.63, 3.8) is 0 Å². The number of hydrogen-bond acceptors (Lipinski definition) is 1. The van der Waals surface area contributed by atoms with Crippen molar-refractivity contribution in [1.29, 1.82) is 0 Å². The molecule has 0 aromatic rings. The Kier molecular flexibility index (Phi) is 2.69. The zero-order valence-corrected chi connectivity index (χ0v) is 6.38. The first kappa shape index (κ1) is 7.55. The zero-order chi connectivity index (χ0) is 7.40. The Balaban J connectivity index is 2.49. The Morgan fingerprint density at radius 3 is 3.10 bits per heavy atom. The molecule has 1 aliphatic rings. The van der Waals surface area contributed by atoms with Crippen molar-refractivity contribution in [2.45, 2.75) is 32.3 Å². The lowest BCUT2D eigenvalue weighted by Crippen LogP contribution is -2.04. The molecular formula is C9H14O. The third kappa shape index (κ3) is 1.99. The van der Waals surface area contributed by atoms with Crippen LogP contribution >= 0.6 is 0 Å². The molecule has 1 nitrogen and oxygen atoms in total. The van der Waals surface area contributed by atoms with Crippen molar-refractivity contribution in [2.24, 2.45) is 0 Å².